The van der Waals surface area contributed by atoms with Gasteiger partial charge in [0.2, 0.25) is 0 Å². The van der Waals surface area contributed by atoms with Crippen molar-refractivity contribution in [1.82, 2.24) is 4.98 Å². The van der Waals surface area contributed by atoms with Crippen molar-refractivity contribution in [2.45, 2.75) is 52.4 Å². The van der Waals surface area contributed by atoms with E-state index >= 15 is 0 Å². The zero-order valence-electron chi connectivity index (χ0n) is 13.0. The van der Waals surface area contributed by atoms with Crippen molar-refractivity contribution < 1.29 is 0 Å². The molecule has 0 amide bonds. The van der Waals surface area contributed by atoms with Crippen molar-refractivity contribution in [3.05, 3.63) is 45.7 Å². The lowest BCUT2D eigenvalue weighted by Gasteiger charge is -2.03. The van der Waals surface area contributed by atoms with E-state index < -0.39 is 0 Å². The van der Waals surface area contributed by atoms with Crippen molar-refractivity contribution >= 4 is 10.9 Å². The molecule has 0 bridgehead atoms. The minimum Gasteiger partial charge on any atom is -0.321 e. The lowest BCUT2D eigenvalue weighted by Crippen LogP contribution is -2.12. The summed E-state index contributed by atoms with van der Waals surface area (Å²) >= 11 is 0. The van der Waals surface area contributed by atoms with Gasteiger partial charge in [0, 0.05) is 17.3 Å². The van der Waals surface area contributed by atoms with Crippen molar-refractivity contribution in [2.24, 2.45) is 0 Å². The van der Waals surface area contributed by atoms with Gasteiger partial charge in [-0.1, -0.05) is 62.6 Å². The Morgan fingerprint density at radius 3 is 2.67 bits per heavy atom. The van der Waals surface area contributed by atoms with Gasteiger partial charge in [-0.25, -0.2) is 0 Å². The second-order valence-electron chi connectivity index (χ2n) is 5.47. The predicted molar refractivity (Wildman–Crippen MR) is 89.6 cm³/mol. The van der Waals surface area contributed by atoms with Crippen LogP contribution in [0.4, 0.5) is 0 Å². The van der Waals surface area contributed by atoms with E-state index in [1.165, 1.54) is 25.7 Å². The van der Waals surface area contributed by atoms with Gasteiger partial charge >= 0.3 is 0 Å². The van der Waals surface area contributed by atoms with Gasteiger partial charge in [-0.2, -0.15) is 0 Å². The molecule has 0 radical (unpaired) electrons. The molecule has 0 aliphatic carbocycles. The maximum absolute atomic E-state index is 12.1. The fourth-order valence-electron chi connectivity index (χ4n) is 2.53. The zero-order valence-corrected chi connectivity index (χ0v) is 13.0. The molecular formula is C19H23NO. The van der Waals surface area contributed by atoms with Crippen LogP contribution in [0.3, 0.4) is 0 Å². The normalized spacial score (nSPS) is 10.4. The number of hydrogen-bond donors (Lipinski definition) is 1. The van der Waals surface area contributed by atoms with E-state index in [0.29, 0.717) is 5.56 Å². The highest BCUT2D eigenvalue weighted by atomic mass is 16.1. The maximum atomic E-state index is 12.1. The van der Waals surface area contributed by atoms with Gasteiger partial charge in [0.1, 0.15) is 0 Å². The molecular weight excluding hydrogens is 258 g/mol. The summed E-state index contributed by atoms with van der Waals surface area (Å²) < 4.78 is 0. The van der Waals surface area contributed by atoms with Gasteiger partial charge in [-0.3, -0.25) is 4.79 Å². The van der Waals surface area contributed by atoms with E-state index in [0.717, 1.165) is 29.3 Å². The number of hydrogen-bond acceptors (Lipinski definition) is 1. The van der Waals surface area contributed by atoms with Gasteiger partial charge in [-0.15, -0.1) is 0 Å². The summed E-state index contributed by atoms with van der Waals surface area (Å²) in [5, 5.41) is 1.07. The van der Waals surface area contributed by atoms with E-state index in [9.17, 15) is 4.79 Å². The van der Waals surface area contributed by atoms with Gasteiger partial charge in [0.15, 0.2) is 0 Å². The Balaban J connectivity index is 2.11. The molecule has 0 saturated carbocycles. The van der Waals surface area contributed by atoms with Crippen LogP contribution in [0.5, 0.6) is 0 Å². The Bertz CT molecular complexity index is 716. The standard InChI is InChI=1S/C19H23NO/c1-3-4-5-6-7-8-9-13-17-15(2)16-12-10-11-14-18(16)20-19(17)21/h10-12,14H,3-8H2,1-2H3,(H,20,21). The number of para-hydroxylation sites is 1. The molecule has 1 heterocycles. The van der Waals surface area contributed by atoms with Crippen LogP contribution >= 0.6 is 0 Å². The van der Waals surface area contributed by atoms with Crippen LogP contribution in [0.1, 0.15) is 56.6 Å². The van der Waals surface area contributed by atoms with Crippen LogP contribution in [0, 0.1) is 18.8 Å². The fourth-order valence-corrected chi connectivity index (χ4v) is 2.53. The topological polar surface area (TPSA) is 32.9 Å². The molecule has 2 heteroatoms. The SMILES string of the molecule is CCCCCCCC#Cc1c(C)c2ccccc2[nH]c1=O. The summed E-state index contributed by atoms with van der Waals surface area (Å²) in [5.74, 6) is 6.23. The molecule has 21 heavy (non-hydrogen) atoms. The van der Waals surface area contributed by atoms with E-state index in [-0.39, 0.29) is 5.56 Å². The lowest BCUT2D eigenvalue weighted by atomic mass is 10.0. The first-order valence-corrected chi connectivity index (χ1v) is 7.84. The number of unbranched alkanes of at least 4 members (excludes halogenated alkanes) is 5. The summed E-state index contributed by atoms with van der Waals surface area (Å²) in [4.78, 5) is 15.0. The number of pyridine rings is 1. The maximum Gasteiger partial charge on any atom is 0.264 e. The van der Waals surface area contributed by atoms with Crippen molar-refractivity contribution in [2.75, 3.05) is 0 Å². The summed E-state index contributed by atoms with van der Waals surface area (Å²) in [6.07, 6.45) is 7.07. The number of H-pyrrole nitrogens is 1. The highest BCUT2D eigenvalue weighted by Crippen LogP contribution is 2.16. The van der Waals surface area contributed by atoms with E-state index in [1.54, 1.807) is 0 Å². The quantitative estimate of drug-likeness (QED) is 0.633. The number of fused-ring (bicyclic) bond motifs is 1. The molecule has 0 saturated heterocycles. The second kappa shape index (κ2) is 7.69. The molecule has 0 atom stereocenters. The third-order valence-corrected chi connectivity index (χ3v) is 3.80. The molecule has 0 aliphatic heterocycles. The van der Waals surface area contributed by atoms with Crippen LogP contribution in [-0.4, -0.2) is 4.98 Å². The fraction of sp³-hybridized carbons (Fsp3) is 0.421. The summed E-state index contributed by atoms with van der Waals surface area (Å²) in [6.45, 7) is 4.19. The second-order valence-corrected chi connectivity index (χ2v) is 5.47. The summed E-state index contributed by atoms with van der Waals surface area (Å²) in [5.41, 5.74) is 2.39. The first-order valence-electron chi connectivity index (χ1n) is 7.84. The number of aromatic amines is 1. The van der Waals surface area contributed by atoms with Crippen LogP contribution in [-0.2, 0) is 0 Å². The number of rotatable bonds is 5. The number of benzene rings is 1. The predicted octanol–water partition coefficient (Wildman–Crippen LogP) is 4.55. The van der Waals surface area contributed by atoms with E-state index in [1.807, 2.05) is 31.2 Å². The summed E-state index contributed by atoms with van der Waals surface area (Å²) in [7, 11) is 0. The smallest absolute Gasteiger partial charge is 0.264 e. The molecule has 2 aromatic rings. The number of aryl methyl sites for hydroxylation is 1. The highest BCUT2D eigenvalue weighted by molar-refractivity contribution is 5.83. The third-order valence-electron chi connectivity index (χ3n) is 3.80. The van der Waals surface area contributed by atoms with Gasteiger partial charge in [0.25, 0.3) is 5.56 Å². The van der Waals surface area contributed by atoms with Crippen molar-refractivity contribution in [1.29, 1.82) is 0 Å². The first-order chi connectivity index (χ1) is 10.2. The van der Waals surface area contributed by atoms with Crippen LogP contribution in [0.25, 0.3) is 10.9 Å². The molecule has 0 spiro atoms. The molecule has 0 fully saturated rings. The van der Waals surface area contributed by atoms with Crippen molar-refractivity contribution in [3.63, 3.8) is 0 Å². The highest BCUT2D eigenvalue weighted by Gasteiger charge is 2.05. The van der Waals surface area contributed by atoms with Crippen molar-refractivity contribution in [3.8, 4) is 11.8 Å². The molecule has 110 valence electrons. The summed E-state index contributed by atoms with van der Waals surface area (Å²) in [6, 6.07) is 7.86. The minimum absolute atomic E-state index is 0.0790. The lowest BCUT2D eigenvalue weighted by molar-refractivity contribution is 0.641. The van der Waals surface area contributed by atoms with Gasteiger partial charge in [-0.05, 0) is 25.0 Å². The number of aromatic nitrogens is 1. The first kappa shape index (κ1) is 15.4. The Hall–Kier alpha value is -2.01. The largest absolute Gasteiger partial charge is 0.321 e. The average Bonchev–Trinajstić information content (AvgIpc) is 2.49. The number of nitrogens with one attached hydrogen (secondary N) is 1. The Labute approximate surface area is 126 Å². The Morgan fingerprint density at radius 1 is 1.10 bits per heavy atom. The third kappa shape index (κ3) is 3.98. The minimum atomic E-state index is -0.0790. The zero-order chi connectivity index (χ0) is 15.1. The molecule has 1 aromatic carbocycles. The van der Waals surface area contributed by atoms with E-state index in [2.05, 4.69) is 23.7 Å². The molecule has 2 nitrogen and oxygen atoms in total. The van der Waals surface area contributed by atoms with Crippen LogP contribution in [0.2, 0.25) is 0 Å². The van der Waals surface area contributed by atoms with Crippen LogP contribution < -0.4 is 5.56 Å². The van der Waals surface area contributed by atoms with Crippen LogP contribution in [0.15, 0.2) is 29.1 Å². The Kier molecular flexibility index (Phi) is 5.63. The molecule has 1 aromatic heterocycles. The molecule has 0 unspecified atom stereocenters. The molecule has 2 rings (SSSR count). The Morgan fingerprint density at radius 2 is 1.86 bits per heavy atom. The average molecular weight is 281 g/mol. The molecule has 0 aliphatic rings. The van der Waals surface area contributed by atoms with E-state index in [4.69, 9.17) is 0 Å². The van der Waals surface area contributed by atoms with Gasteiger partial charge in [0.05, 0.1) is 5.56 Å². The molecule has 1 N–H and O–H groups in total. The monoisotopic (exact) mass is 281 g/mol. The van der Waals surface area contributed by atoms with Gasteiger partial charge < -0.3 is 4.98 Å².